The topological polar surface area (TPSA) is 129 Å². The average molecular weight is 1010 g/mol. The first kappa shape index (κ1) is 57.9. The minimum absolute atomic E-state index is 0.0309. The summed E-state index contributed by atoms with van der Waals surface area (Å²) in [4.78, 5) is 33.6. The van der Waals surface area contributed by atoms with E-state index >= 15 is 0 Å². The highest BCUT2D eigenvalue weighted by atomic mass is 79.9. The van der Waals surface area contributed by atoms with Gasteiger partial charge in [-0.05, 0) is 130 Å². The smallest absolute Gasteiger partial charge is 0.307 e. The fourth-order valence-corrected chi connectivity index (χ4v) is 9.38. The highest BCUT2D eigenvalue weighted by molar-refractivity contribution is 9.09. The molecule has 9 nitrogen and oxygen atoms in total. The summed E-state index contributed by atoms with van der Waals surface area (Å²) in [5.41, 5.74) is 2.86. The van der Waals surface area contributed by atoms with Crippen molar-refractivity contribution in [3.05, 3.63) is 89.5 Å². The van der Waals surface area contributed by atoms with Crippen molar-refractivity contribution < 1.29 is 43.5 Å². The van der Waals surface area contributed by atoms with Crippen molar-refractivity contribution >= 4 is 33.8 Å². The number of aliphatic carboxylic acids is 1. The summed E-state index contributed by atoms with van der Waals surface area (Å²) in [5.74, 6) is 19.9. The number of esters is 2. The quantitative estimate of drug-likeness (QED) is 0.0819. The van der Waals surface area contributed by atoms with E-state index in [2.05, 4.69) is 56.2 Å². The van der Waals surface area contributed by atoms with Gasteiger partial charge in [-0.1, -0.05) is 128 Å². The molecule has 3 aliphatic rings. The highest BCUT2D eigenvalue weighted by Crippen LogP contribution is 2.29. The van der Waals surface area contributed by atoms with E-state index in [0.29, 0.717) is 11.8 Å². The van der Waals surface area contributed by atoms with Crippen LogP contribution in [0.15, 0.2) is 72.8 Å². The summed E-state index contributed by atoms with van der Waals surface area (Å²) in [6, 6.07) is 22.3. The fraction of sp³-hybridized carbons (Fsp3) is 0.542. The molecule has 0 bridgehead atoms. The fourth-order valence-electron chi connectivity index (χ4n) is 8.73. The summed E-state index contributed by atoms with van der Waals surface area (Å²) in [6.45, 7) is 6.83. The zero-order valence-electron chi connectivity index (χ0n) is 41.9. The summed E-state index contributed by atoms with van der Waals surface area (Å²) < 4.78 is 21.1. The third-order valence-corrected chi connectivity index (χ3v) is 13.7. The molecule has 0 aliphatic heterocycles. The molecule has 3 aliphatic carbocycles. The number of phenols is 1. The number of hydrogen-bond donors (Lipinski definition) is 2. The Morgan fingerprint density at radius 1 is 0.522 bits per heavy atom. The Morgan fingerprint density at radius 2 is 0.841 bits per heavy atom. The Hall–Kier alpha value is -5.37. The van der Waals surface area contributed by atoms with Crippen LogP contribution in [0.5, 0.6) is 17.2 Å². The monoisotopic (exact) mass is 1010 g/mol. The lowest BCUT2D eigenvalue weighted by Gasteiger charge is -2.21. The maximum Gasteiger partial charge on any atom is 0.307 e. The van der Waals surface area contributed by atoms with Crippen LogP contribution >= 0.6 is 15.9 Å². The molecule has 0 saturated heterocycles. The molecule has 374 valence electrons. The van der Waals surface area contributed by atoms with Gasteiger partial charge in [0.25, 0.3) is 0 Å². The number of alkyl halides is 1. The number of ether oxygens (including phenoxy) is 4. The number of phenolic OH excluding ortho intramolecular Hbond substituents is 1. The lowest BCUT2D eigenvalue weighted by atomic mass is 9.90. The summed E-state index contributed by atoms with van der Waals surface area (Å²) in [5, 5.41) is 19.4. The highest BCUT2D eigenvalue weighted by Gasteiger charge is 2.18. The number of carbonyl (C=O) groups is 3. The van der Waals surface area contributed by atoms with Crippen LogP contribution in [0.4, 0.5) is 0 Å². The summed E-state index contributed by atoms with van der Waals surface area (Å²) in [7, 11) is 2.76. The van der Waals surface area contributed by atoms with Crippen LogP contribution in [0.2, 0.25) is 0 Å². The first-order valence-corrected chi connectivity index (χ1v) is 26.1. The van der Waals surface area contributed by atoms with Gasteiger partial charge in [-0.2, -0.15) is 0 Å². The lowest BCUT2D eigenvalue weighted by molar-refractivity contribution is -0.141. The van der Waals surface area contributed by atoms with Crippen LogP contribution in [0.3, 0.4) is 0 Å². The lowest BCUT2D eigenvalue weighted by Crippen LogP contribution is -2.15. The van der Waals surface area contributed by atoms with E-state index < -0.39 is 5.97 Å². The van der Waals surface area contributed by atoms with Gasteiger partial charge in [0, 0.05) is 5.33 Å². The molecular formula is C59H77BrO9. The molecule has 69 heavy (non-hydrogen) atoms. The van der Waals surface area contributed by atoms with Crippen LogP contribution in [0.25, 0.3) is 0 Å². The van der Waals surface area contributed by atoms with Gasteiger partial charge in [0.1, 0.15) is 17.2 Å². The standard InChI is InChI=1S/C20H26O3.C19H24O3.C13H14O3.C7H13Br/c1-3-7-18(14-20(21)22-2)17-10-12-19(13-11-17)23-15-16-8-5-4-6-9-16;1-2-6-17(13-19(20)21)16-9-11-18(12-10-16)22-14-15-7-4-3-5-8-15;1-3-4-11(9-13(15)16-2)10-5-7-12(14)8-6-10;8-6-7-4-2-1-3-5-7/h10-13,16,18H,4-6,8-9,14-15H2,1-2H3;9-12,15,17H,3-5,7-8,13-14H2,1H3,(H,20,21);5-8,11,14H,9H2,1-2H3;7H,1-6H2/t18-;17-;11-;/m111./s1. The van der Waals surface area contributed by atoms with Gasteiger partial charge in [-0.3, -0.25) is 14.4 Å². The third kappa shape index (κ3) is 24.2. The first-order chi connectivity index (χ1) is 33.5. The van der Waals surface area contributed by atoms with Gasteiger partial charge in [-0.15, -0.1) is 17.8 Å². The minimum atomic E-state index is -0.828. The molecule has 3 saturated carbocycles. The van der Waals surface area contributed by atoms with Crippen LogP contribution in [-0.2, 0) is 23.9 Å². The molecule has 0 unspecified atom stereocenters. The predicted molar refractivity (Wildman–Crippen MR) is 280 cm³/mol. The molecule has 0 spiro atoms. The van der Waals surface area contributed by atoms with Crippen molar-refractivity contribution in [3.8, 4) is 52.8 Å². The van der Waals surface area contributed by atoms with Crippen molar-refractivity contribution in [1.82, 2.24) is 0 Å². The Kier molecular flexibility index (Phi) is 29.3. The molecule has 0 heterocycles. The van der Waals surface area contributed by atoms with E-state index in [0.717, 1.165) is 47.3 Å². The number of benzene rings is 3. The van der Waals surface area contributed by atoms with E-state index in [4.69, 9.17) is 24.4 Å². The molecule has 6 rings (SSSR count). The number of rotatable bonds is 16. The number of aromatic hydroxyl groups is 1. The van der Waals surface area contributed by atoms with Gasteiger partial charge in [0.15, 0.2) is 0 Å². The maximum atomic E-state index is 11.5. The molecule has 0 amide bonds. The molecule has 0 aromatic heterocycles. The molecule has 3 fully saturated rings. The van der Waals surface area contributed by atoms with Crippen molar-refractivity contribution in [1.29, 1.82) is 0 Å². The Labute approximate surface area is 422 Å². The van der Waals surface area contributed by atoms with Crippen molar-refractivity contribution in [2.24, 2.45) is 17.8 Å². The van der Waals surface area contributed by atoms with Gasteiger partial charge >= 0.3 is 17.9 Å². The number of carboxylic acid groups (broad SMARTS) is 1. The summed E-state index contributed by atoms with van der Waals surface area (Å²) in [6.07, 6.45) is 21.0. The van der Waals surface area contributed by atoms with E-state index in [1.165, 1.54) is 116 Å². The van der Waals surface area contributed by atoms with Gasteiger partial charge in [0.2, 0.25) is 0 Å². The van der Waals surface area contributed by atoms with Crippen molar-refractivity contribution in [3.63, 3.8) is 0 Å². The Bertz CT molecular complexity index is 2100. The molecule has 3 aromatic carbocycles. The molecule has 3 atom stereocenters. The predicted octanol–water partition coefficient (Wildman–Crippen LogP) is 13.6. The van der Waals surface area contributed by atoms with Crippen LogP contribution in [-0.4, -0.2) is 60.9 Å². The van der Waals surface area contributed by atoms with E-state index in [1.807, 2.05) is 48.5 Å². The zero-order valence-corrected chi connectivity index (χ0v) is 43.5. The largest absolute Gasteiger partial charge is 0.508 e. The van der Waals surface area contributed by atoms with E-state index in [-0.39, 0.29) is 54.7 Å². The van der Waals surface area contributed by atoms with Gasteiger partial charge in [-0.25, -0.2) is 0 Å². The maximum absolute atomic E-state index is 11.5. The number of carboxylic acids is 1. The Morgan fingerprint density at radius 3 is 1.13 bits per heavy atom. The van der Waals surface area contributed by atoms with Crippen LogP contribution in [0.1, 0.15) is 171 Å². The van der Waals surface area contributed by atoms with E-state index in [9.17, 15) is 14.4 Å². The first-order valence-electron chi connectivity index (χ1n) is 24.9. The number of hydrogen-bond acceptors (Lipinski definition) is 8. The number of carbonyl (C=O) groups excluding carboxylic acids is 2. The zero-order chi connectivity index (χ0) is 50.1. The molecule has 10 heteroatoms. The van der Waals surface area contributed by atoms with Crippen LogP contribution < -0.4 is 9.47 Å². The van der Waals surface area contributed by atoms with Crippen LogP contribution in [0, 0.1) is 53.3 Å². The number of halogens is 1. The Balaban J connectivity index is 0.000000256. The summed E-state index contributed by atoms with van der Waals surface area (Å²) >= 11 is 3.51. The van der Waals surface area contributed by atoms with Crippen molar-refractivity contribution in [2.45, 2.75) is 154 Å². The minimum Gasteiger partial charge on any atom is -0.508 e. The SMILES string of the molecule is BrCC1CCCCC1.CC#C[C@H](CC(=O)O)c1ccc(OCC2CCCCC2)cc1.CC#C[C@H](CC(=O)OC)c1ccc(O)cc1.CC#C[C@H](CC(=O)OC)c1ccc(OCC2CCCCC2)cc1. The number of methoxy groups -OCH3 is 2. The van der Waals surface area contributed by atoms with Gasteiger partial charge in [0.05, 0.1) is 64.4 Å². The van der Waals surface area contributed by atoms with E-state index in [1.54, 1.807) is 45.0 Å². The average Bonchev–Trinajstić information content (AvgIpc) is 3.39. The van der Waals surface area contributed by atoms with Gasteiger partial charge < -0.3 is 29.2 Å². The molecular weight excluding hydrogens is 933 g/mol. The molecule has 0 radical (unpaired) electrons. The molecule has 2 N–H and O–H groups in total. The van der Waals surface area contributed by atoms with Crippen molar-refractivity contribution in [2.75, 3.05) is 32.8 Å². The normalized spacial score (nSPS) is 15.9. The second-order valence-corrected chi connectivity index (χ2v) is 18.7. The molecule has 3 aromatic rings. The third-order valence-electron chi connectivity index (χ3n) is 12.8. The second kappa shape index (κ2) is 34.8. The second-order valence-electron chi connectivity index (χ2n) is 18.0.